The molecule has 2 N–H and O–H groups in total. The number of fused-ring (bicyclic) bond motifs is 10. The Morgan fingerprint density at radius 2 is 1.06 bits per heavy atom. The number of rotatable bonds is 3. The van der Waals surface area contributed by atoms with Crippen LogP contribution in [0.5, 0.6) is 0 Å². The highest BCUT2D eigenvalue weighted by atomic mass is 16.3. The summed E-state index contributed by atoms with van der Waals surface area (Å²) in [6, 6.07) is 54.3. The van der Waals surface area contributed by atoms with E-state index < -0.39 is 0 Å². The van der Waals surface area contributed by atoms with Gasteiger partial charge in [0.2, 0.25) is 5.62 Å². The molecule has 0 atom stereocenters. The molecule has 0 bridgehead atoms. The second-order valence-electron chi connectivity index (χ2n) is 12.7. The highest BCUT2D eigenvalue weighted by Crippen LogP contribution is 2.37. The zero-order chi connectivity index (χ0) is 33.2. The summed E-state index contributed by atoms with van der Waals surface area (Å²) in [4.78, 5) is 13.0. The lowest BCUT2D eigenvalue weighted by Crippen LogP contribution is -2.17. The first-order valence-electron chi connectivity index (χ1n) is 16.7. The third-order valence-electron chi connectivity index (χ3n) is 9.73. The van der Waals surface area contributed by atoms with Crippen LogP contribution < -0.4 is 5.62 Å². The van der Waals surface area contributed by atoms with E-state index in [9.17, 15) is 0 Å². The number of aromatic nitrogens is 2. The Labute approximate surface area is 286 Å². The van der Waals surface area contributed by atoms with E-state index >= 15 is 0 Å². The number of furan rings is 1. The number of nitrogens with zero attached hydrogens (tertiary/aromatic N) is 2. The summed E-state index contributed by atoms with van der Waals surface area (Å²) in [6.45, 7) is 0. The largest absolute Gasteiger partial charge is 0.456 e. The molecule has 0 aliphatic heterocycles. The smallest absolute Gasteiger partial charge is 0.229 e. The van der Waals surface area contributed by atoms with E-state index in [4.69, 9.17) is 19.8 Å². The standard InChI is InChI=1S/C45H28N4O/c46-44(30-11-9-10-27(24-30)28-20-22-35-33-14-2-1-12-31(33)32-13-3-4-15-34(32)39(35)25-28)49-45-47-40-18-7-5-17-38(40)43(48-45)29-21-23-37-36-16-6-8-19-41(36)50-42(37)26-29/h1-26H,(H2,46,47,48,49). The van der Waals surface area contributed by atoms with E-state index in [1.807, 2.05) is 66.7 Å². The molecule has 5 heteroatoms. The van der Waals surface area contributed by atoms with Crippen molar-refractivity contribution in [3.63, 3.8) is 0 Å². The molecule has 0 aliphatic rings. The fraction of sp³-hybridized carbons (Fsp3) is 0. The first-order valence-corrected chi connectivity index (χ1v) is 16.7. The van der Waals surface area contributed by atoms with Crippen molar-refractivity contribution in [1.29, 1.82) is 5.41 Å². The van der Waals surface area contributed by atoms with E-state index in [2.05, 4.69) is 96.0 Å². The minimum absolute atomic E-state index is 0.127. The summed E-state index contributed by atoms with van der Waals surface area (Å²) in [5.74, 6) is 0.127. The molecule has 10 aromatic rings. The number of aromatic amines is 1. The fourth-order valence-corrected chi connectivity index (χ4v) is 7.36. The molecule has 50 heavy (non-hydrogen) atoms. The van der Waals surface area contributed by atoms with Gasteiger partial charge in [0.25, 0.3) is 0 Å². The first kappa shape index (κ1) is 28.2. The zero-order valence-corrected chi connectivity index (χ0v) is 26.8. The van der Waals surface area contributed by atoms with Gasteiger partial charge in [0, 0.05) is 27.3 Å². The minimum atomic E-state index is 0.127. The molecule has 5 nitrogen and oxygen atoms in total. The van der Waals surface area contributed by atoms with Gasteiger partial charge in [-0.15, -0.1) is 0 Å². The van der Waals surface area contributed by atoms with Crippen LogP contribution in [0.4, 0.5) is 0 Å². The van der Waals surface area contributed by atoms with Gasteiger partial charge < -0.3 is 9.40 Å². The SMILES string of the molecule is N=C(/N=c1/nc(-c2ccc3c(c2)oc2ccccc23)c2ccccc2[nH]1)c1cccc(-c2ccc3c4ccccc4c4ccccc4c3c2)c1. The second-order valence-corrected chi connectivity index (χ2v) is 12.7. The molecule has 0 amide bonds. The summed E-state index contributed by atoms with van der Waals surface area (Å²) in [7, 11) is 0. The molecule has 10 rings (SSSR count). The van der Waals surface area contributed by atoms with E-state index in [0.29, 0.717) is 11.2 Å². The lowest BCUT2D eigenvalue weighted by molar-refractivity contribution is 0.669. The molecule has 0 saturated heterocycles. The first-order chi connectivity index (χ1) is 24.7. The average Bonchev–Trinajstić information content (AvgIpc) is 3.55. The van der Waals surface area contributed by atoms with Gasteiger partial charge in [0.05, 0.1) is 11.2 Å². The number of benzene rings is 8. The van der Waals surface area contributed by atoms with Gasteiger partial charge in [0.15, 0.2) is 5.84 Å². The van der Waals surface area contributed by atoms with Crippen molar-refractivity contribution in [2.45, 2.75) is 0 Å². The molecule has 0 spiro atoms. The number of para-hydroxylation sites is 2. The van der Waals surface area contributed by atoms with Crippen molar-refractivity contribution < 1.29 is 4.42 Å². The van der Waals surface area contributed by atoms with Gasteiger partial charge in [-0.3, -0.25) is 5.41 Å². The number of H-pyrrole nitrogens is 1. The molecule has 0 aliphatic carbocycles. The van der Waals surface area contributed by atoms with E-state index in [1.54, 1.807) is 0 Å². The van der Waals surface area contributed by atoms with Gasteiger partial charge >= 0.3 is 0 Å². The minimum Gasteiger partial charge on any atom is -0.456 e. The van der Waals surface area contributed by atoms with Crippen molar-refractivity contribution >= 4 is 71.0 Å². The number of hydrogen-bond acceptors (Lipinski definition) is 3. The third-order valence-corrected chi connectivity index (χ3v) is 9.73. The monoisotopic (exact) mass is 640 g/mol. The highest BCUT2D eigenvalue weighted by Gasteiger charge is 2.13. The number of nitrogens with one attached hydrogen (secondary N) is 2. The molecule has 2 heterocycles. The summed E-state index contributed by atoms with van der Waals surface area (Å²) in [5, 5.41) is 19.6. The van der Waals surface area contributed by atoms with Gasteiger partial charge in [0.1, 0.15) is 11.2 Å². The van der Waals surface area contributed by atoms with E-state index in [0.717, 1.165) is 55.2 Å². The molecular formula is C45H28N4O. The van der Waals surface area contributed by atoms with Crippen LogP contribution in [-0.4, -0.2) is 15.8 Å². The van der Waals surface area contributed by atoms with Crippen molar-refractivity contribution in [1.82, 2.24) is 9.97 Å². The molecule has 0 saturated carbocycles. The molecule has 0 radical (unpaired) electrons. The van der Waals surface area contributed by atoms with Crippen LogP contribution in [0, 0.1) is 5.41 Å². The Kier molecular flexibility index (Phi) is 6.26. The van der Waals surface area contributed by atoms with Gasteiger partial charge in [-0.05, 0) is 79.8 Å². The van der Waals surface area contributed by atoms with Crippen molar-refractivity contribution in [2.24, 2.45) is 4.99 Å². The maximum Gasteiger partial charge on any atom is 0.229 e. The predicted octanol–water partition coefficient (Wildman–Crippen LogP) is 11.2. The molecule has 234 valence electrons. The lowest BCUT2D eigenvalue weighted by Gasteiger charge is -2.12. The van der Waals surface area contributed by atoms with Crippen molar-refractivity contribution in [3.05, 3.63) is 169 Å². The number of hydrogen-bond donors (Lipinski definition) is 2. The maximum atomic E-state index is 9.07. The fourth-order valence-electron chi connectivity index (χ4n) is 7.36. The Morgan fingerprint density at radius 1 is 0.480 bits per heavy atom. The molecule has 2 aromatic heterocycles. The molecule has 8 aromatic carbocycles. The van der Waals surface area contributed by atoms with Crippen LogP contribution in [0.3, 0.4) is 0 Å². The maximum absolute atomic E-state index is 9.07. The summed E-state index contributed by atoms with van der Waals surface area (Å²) in [5.41, 5.74) is 7.43. The Bertz CT molecular complexity index is 3040. The molecule has 0 unspecified atom stereocenters. The molecular weight excluding hydrogens is 613 g/mol. The summed E-state index contributed by atoms with van der Waals surface area (Å²) >= 11 is 0. The van der Waals surface area contributed by atoms with Crippen LogP contribution in [-0.2, 0) is 0 Å². The van der Waals surface area contributed by atoms with Crippen molar-refractivity contribution in [3.8, 4) is 22.4 Å². The van der Waals surface area contributed by atoms with Crippen LogP contribution in [0.1, 0.15) is 5.56 Å². The third kappa shape index (κ3) is 4.52. The summed E-state index contributed by atoms with van der Waals surface area (Å²) in [6.07, 6.45) is 0. The highest BCUT2D eigenvalue weighted by molar-refractivity contribution is 6.25. The van der Waals surface area contributed by atoms with Gasteiger partial charge in [-0.1, -0.05) is 121 Å². The molecule has 0 fully saturated rings. The van der Waals surface area contributed by atoms with Crippen LogP contribution in [0.25, 0.3) is 87.5 Å². The predicted molar refractivity (Wildman–Crippen MR) is 206 cm³/mol. The van der Waals surface area contributed by atoms with E-state index in [1.165, 1.54) is 32.3 Å². The summed E-state index contributed by atoms with van der Waals surface area (Å²) < 4.78 is 6.20. The second kappa shape index (κ2) is 11.1. The van der Waals surface area contributed by atoms with Gasteiger partial charge in [-0.2, -0.15) is 4.99 Å². The van der Waals surface area contributed by atoms with E-state index in [-0.39, 0.29) is 5.84 Å². The quantitative estimate of drug-likeness (QED) is 0.114. The zero-order valence-electron chi connectivity index (χ0n) is 26.8. The number of amidine groups is 1. The van der Waals surface area contributed by atoms with Gasteiger partial charge in [-0.25, -0.2) is 4.98 Å². The van der Waals surface area contributed by atoms with Crippen LogP contribution >= 0.6 is 0 Å². The average molecular weight is 641 g/mol. The lowest BCUT2D eigenvalue weighted by atomic mass is 9.92. The topological polar surface area (TPSA) is 78.0 Å². The Balaban J connectivity index is 1.06. The van der Waals surface area contributed by atoms with Crippen LogP contribution in [0.2, 0.25) is 0 Å². The Morgan fingerprint density at radius 3 is 1.84 bits per heavy atom. The van der Waals surface area contributed by atoms with Crippen molar-refractivity contribution in [2.75, 3.05) is 0 Å². The normalized spacial score (nSPS) is 12.2. The Hall–Kier alpha value is -6.85. The van der Waals surface area contributed by atoms with Crippen LogP contribution in [0.15, 0.2) is 167 Å².